The minimum atomic E-state index is -0.467. The third kappa shape index (κ3) is 4.24. The summed E-state index contributed by atoms with van der Waals surface area (Å²) in [7, 11) is 0. The largest absolute Gasteiger partial charge is 0.507 e. The number of benzene rings is 1. The molecule has 1 aromatic carbocycles. The summed E-state index contributed by atoms with van der Waals surface area (Å²) < 4.78 is 12.9. The van der Waals surface area contributed by atoms with Crippen LogP contribution < -0.4 is 0 Å². The molecule has 0 aliphatic heterocycles. The third-order valence-electron chi connectivity index (χ3n) is 2.06. The minimum absolute atomic E-state index is 0.0438. The Balaban J connectivity index is 2.47. The average Bonchev–Trinajstić information content (AvgIpc) is 2.27. The summed E-state index contributed by atoms with van der Waals surface area (Å²) >= 11 is 1.25. The normalized spacial score (nSPS) is 12.4. The highest BCUT2D eigenvalue weighted by atomic mass is 32.2. The molecule has 1 aromatic rings. The quantitative estimate of drug-likeness (QED) is 0.595. The van der Waals surface area contributed by atoms with Crippen LogP contribution >= 0.6 is 11.8 Å². The topological polar surface area (TPSA) is 40.5 Å². The Labute approximate surface area is 98.8 Å². The van der Waals surface area contributed by atoms with E-state index in [1.807, 2.05) is 0 Å². The maximum absolute atomic E-state index is 12.9. The SMILES string of the molecule is C=CCCC(O)CSc1cc(F)ccc1O. The van der Waals surface area contributed by atoms with E-state index in [4.69, 9.17) is 0 Å². The fraction of sp³-hybridized carbons (Fsp3) is 0.333. The van der Waals surface area contributed by atoms with Crippen LogP contribution in [0.3, 0.4) is 0 Å². The van der Waals surface area contributed by atoms with Gasteiger partial charge in [0.15, 0.2) is 0 Å². The Morgan fingerprint density at radius 1 is 1.50 bits per heavy atom. The first kappa shape index (κ1) is 13.1. The van der Waals surface area contributed by atoms with Gasteiger partial charge >= 0.3 is 0 Å². The highest BCUT2D eigenvalue weighted by Crippen LogP contribution is 2.29. The second kappa shape index (κ2) is 6.55. The monoisotopic (exact) mass is 242 g/mol. The zero-order chi connectivity index (χ0) is 12.0. The third-order valence-corrected chi connectivity index (χ3v) is 3.25. The number of halogens is 1. The molecule has 0 fully saturated rings. The summed E-state index contributed by atoms with van der Waals surface area (Å²) in [5, 5.41) is 19.0. The van der Waals surface area contributed by atoms with Crippen molar-refractivity contribution in [1.82, 2.24) is 0 Å². The molecule has 0 aliphatic rings. The van der Waals surface area contributed by atoms with Gasteiger partial charge in [-0.2, -0.15) is 0 Å². The van der Waals surface area contributed by atoms with Crippen LogP contribution in [0.1, 0.15) is 12.8 Å². The van der Waals surface area contributed by atoms with Gasteiger partial charge in [0, 0.05) is 5.75 Å². The Bertz CT molecular complexity index is 355. The molecule has 1 atom stereocenters. The Kier molecular flexibility index (Phi) is 5.35. The van der Waals surface area contributed by atoms with E-state index >= 15 is 0 Å². The van der Waals surface area contributed by atoms with Crippen LogP contribution in [-0.4, -0.2) is 22.1 Å². The number of hydrogen-bond acceptors (Lipinski definition) is 3. The van der Waals surface area contributed by atoms with Crippen molar-refractivity contribution in [3.63, 3.8) is 0 Å². The van der Waals surface area contributed by atoms with Gasteiger partial charge in [-0.3, -0.25) is 0 Å². The van der Waals surface area contributed by atoms with E-state index in [-0.39, 0.29) is 11.6 Å². The molecule has 2 nitrogen and oxygen atoms in total. The molecule has 0 aromatic heterocycles. The molecule has 0 amide bonds. The van der Waals surface area contributed by atoms with Gasteiger partial charge in [0.2, 0.25) is 0 Å². The Morgan fingerprint density at radius 3 is 2.94 bits per heavy atom. The number of allylic oxidation sites excluding steroid dienone is 1. The van der Waals surface area contributed by atoms with Gasteiger partial charge in [-0.15, -0.1) is 18.3 Å². The van der Waals surface area contributed by atoms with Gasteiger partial charge in [0.1, 0.15) is 11.6 Å². The lowest BCUT2D eigenvalue weighted by Gasteiger charge is -2.09. The highest BCUT2D eigenvalue weighted by molar-refractivity contribution is 7.99. The fourth-order valence-corrected chi connectivity index (χ4v) is 2.13. The fourth-order valence-electron chi connectivity index (χ4n) is 1.18. The van der Waals surface area contributed by atoms with Crippen LogP contribution in [0.5, 0.6) is 5.75 Å². The van der Waals surface area contributed by atoms with Gasteiger partial charge in [0.05, 0.1) is 11.0 Å². The summed E-state index contributed by atoms with van der Waals surface area (Å²) in [6, 6.07) is 3.78. The number of hydrogen-bond donors (Lipinski definition) is 2. The summed E-state index contributed by atoms with van der Waals surface area (Å²) in [6.45, 7) is 3.57. The van der Waals surface area contributed by atoms with Crippen molar-refractivity contribution in [2.75, 3.05) is 5.75 Å². The van der Waals surface area contributed by atoms with Crippen LogP contribution in [0.2, 0.25) is 0 Å². The predicted octanol–water partition coefficient (Wildman–Crippen LogP) is 2.95. The number of aliphatic hydroxyl groups is 1. The smallest absolute Gasteiger partial charge is 0.129 e. The van der Waals surface area contributed by atoms with Crippen molar-refractivity contribution in [1.29, 1.82) is 0 Å². The van der Waals surface area contributed by atoms with E-state index in [1.165, 1.54) is 30.0 Å². The van der Waals surface area contributed by atoms with E-state index in [0.29, 0.717) is 17.1 Å². The molecule has 16 heavy (non-hydrogen) atoms. The van der Waals surface area contributed by atoms with Crippen molar-refractivity contribution in [2.45, 2.75) is 23.8 Å². The minimum Gasteiger partial charge on any atom is -0.507 e. The zero-order valence-electron chi connectivity index (χ0n) is 8.90. The molecule has 0 aliphatic carbocycles. The van der Waals surface area contributed by atoms with Gasteiger partial charge < -0.3 is 10.2 Å². The standard InChI is InChI=1S/C12H15FO2S/c1-2-3-4-10(14)8-16-12-7-9(13)5-6-11(12)15/h2,5-7,10,14-15H,1,3-4,8H2. The van der Waals surface area contributed by atoms with Crippen LogP contribution in [0.4, 0.5) is 4.39 Å². The summed E-state index contributed by atoms with van der Waals surface area (Å²) in [5.74, 6) is 0.0911. The number of rotatable bonds is 6. The molecule has 88 valence electrons. The van der Waals surface area contributed by atoms with E-state index in [9.17, 15) is 14.6 Å². The van der Waals surface area contributed by atoms with E-state index in [1.54, 1.807) is 6.08 Å². The van der Waals surface area contributed by atoms with Crippen LogP contribution in [0.25, 0.3) is 0 Å². The predicted molar refractivity (Wildman–Crippen MR) is 64.2 cm³/mol. The number of aromatic hydroxyl groups is 1. The first-order chi connectivity index (χ1) is 7.63. The molecule has 1 rings (SSSR count). The van der Waals surface area contributed by atoms with E-state index in [0.717, 1.165) is 6.42 Å². The lowest BCUT2D eigenvalue weighted by atomic mass is 10.2. The molecule has 1 unspecified atom stereocenters. The van der Waals surface area contributed by atoms with Gasteiger partial charge in [-0.25, -0.2) is 4.39 Å². The van der Waals surface area contributed by atoms with Crippen molar-refractivity contribution in [3.05, 3.63) is 36.7 Å². The second-order valence-corrected chi connectivity index (χ2v) is 4.50. The van der Waals surface area contributed by atoms with E-state index in [2.05, 4.69) is 6.58 Å². The van der Waals surface area contributed by atoms with Crippen LogP contribution in [0, 0.1) is 5.82 Å². The second-order valence-electron chi connectivity index (χ2n) is 3.44. The molecule has 0 bridgehead atoms. The molecular formula is C12H15FO2S. The van der Waals surface area contributed by atoms with Crippen molar-refractivity contribution in [3.8, 4) is 5.75 Å². The average molecular weight is 242 g/mol. The Morgan fingerprint density at radius 2 is 2.25 bits per heavy atom. The highest BCUT2D eigenvalue weighted by Gasteiger charge is 2.08. The lowest BCUT2D eigenvalue weighted by Crippen LogP contribution is -2.08. The molecule has 0 radical (unpaired) electrons. The zero-order valence-corrected chi connectivity index (χ0v) is 9.71. The number of thioether (sulfide) groups is 1. The van der Waals surface area contributed by atoms with Crippen LogP contribution in [-0.2, 0) is 0 Å². The number of phenols is 1. The van der Waals surface area contributed by atoms with Gasteiger partial charge in [-0.05, 0) is 31.0 Å². The molecular weight excluding hydrogens is 227 g/mol. The van der Waals surface area contributed by atoms with Crippen molar-refractivity contribution >= 4 is 11.8 Å². The molecule has 4 heteroatoms. The van der Waals surface area contributed by atoms with Gasteiger partial charge in [0.25, 0.3) is 0 Å². The first-order valence-corrected chi connectivity index (χ1v) is 6.02. The molecule has 0 saturated carbocycles. The van der Waals surface area contributed by atoms with Crippen LogP contribution in [0.15, 0.2) is 35.7 Å². The molecule has 0 heterocycles. The maximum Gasteiger partial charge on any atom is 0.129 e. The summed E-state index contributed by atoms with van der Waals surface area (Å²) in [6.07, 6.45) is 2.66. The Hall–Kier alpha value is -1.00. The van der Waals surface area contributed by atoms with Gasteiger partial charge in [-0.1, -0.05) is 6.08 Å². The van der Waals surface area contributed by atoms with Crippen molar-refractivity contribution in [2.24, 2.45) is 0 Å². The van der Waals surface area contributed by atoms with E-state index < -0.39 is 6.10 Å². The molecule has 0 spiro atoms. The first-order valence-electron chi connectivity index (χ1n) is 5.03. The molecule has 2 N–H and O–H groups in total. The lowest BCUT2D eigenvalue weighted by molar-refractivity contribution is 0.190. The van der Waals surface area contributed by atoms with Crippen molar-refractivity contribution < 1.29 is 14.6 Å². The maximum atomic E-state index is 12.9. The molecule has 0 saturated heterocycles. The number of phenolic OH excluding ortho intramolecular Hbond substituents is 1. The summed E-state index contributed by atoms with van der Waals surface area (Å²) in [5.41, 5.74) is 0. The summed E-state index contributed by atoms with van der Waals surface area (Å²) in [4.78, 5) is 0.456. The number of aliphatic hydroxyl groups excluding tert-OH is 1.